The molecule has 2 N–H and O–H groups in total. The highest BCUT2D eigenvalue weighted by Crippen LogP contribution is 2.27. The van der Waals surface area contributed by atoms with E-state index in [1.54, 1.807) is 0 Å². The summed E-state index contributed by atoms with van der Waals surface area (Å²) in [6, 6.07) is 0.725. The van der Waals surface area contributed by atoms with E-state index in [1.807, 2.05) is 0 Å². The fourth-order valence-corrected chi connectivity index (χ4v) is 3.93. The maximum absolute atomic E-state index is 4.51. The zero-order valence-electron chi connectivity index (χ0n) is 13.1. The summed E-state index contributed by atoms with van der Waals surface area (Å²) in [4.78, 5) is 7.25. The van der Waals surface area contributed by atoms with Gasteiger partial charge >= 0.3 is 0 Å². The van der Waals surface area contributed by atoms with Gasteiger partial charge in [0.05, 0.1) is 0 Å². The van der Waals surface area contributed by atoms with Crippen molar-refractivity contribution in [3.05, 3.63) is 0 Å². The average molecular weight is 406 g/mol. The molecular formula is C16H31IN4. The van der Waals surface area contributed by atoms with Crippen LogP contribution in [0.25, 0.3) is 0 Å². The number of nitrogens with zero attached hydrogens (tertiary/aromatic N) is 2. The molecule has 1 saturated heterocycles. The Morgan fingerprint density at radius 3 is 2.71 bits per heavy atom. The lowest BCUT2D eigenvalue weighted by molar-refractivity contribution is 0.188. The molecule has 0 aromatic heterocycles. The van der Waals surface area contributed by atoms with Gasteiger partial charge in [-0.05, 0) is 44.6 Å². The monoisotopic (exact) mass is 406 g/mol. The van der Waals surface area contributed by atoms with Crippen molar-refractivity contribution in [2.75, 3.05) is 32.7 Å². The molecule has 0 spiro atoms. The van der Waals surface area contributed by atoms with Gasteiger partial charge in [-0.3, -0.25) is 9.89 Å². The van der Waals surface area contributed by atoms with E-state index in [2.05, 4.69) is 20.5 Å². The topological polar surface area (TPSA) is 39.7 Å². The quantitative estimate of drug-likeness (QED) is 0.706. The van der Waals surface area contributed by atoms with E-state index in [0.717, 1.165) is 37.6 Å². The predicted octanol–water partition coefficient (Wildman–Crippen LogP) is 2.59. The van der Waals surface area contributed by atoms with Crippen molar-refractivity contribution in [1.29, 1.82) is 0 Å². The van der Waals surface area contributed by atoms with Crippen LogP contribution in [0.2, 0.25) is 0 Å². The van der Waals surface area contributed by atoms with Crippen LogP contribution in [0, 0.1) is 5.92 Å². The van der Waals surface area contributed by atoms with Crippen LogP contribution in [0.15, 0.2) is 4.99 Å². The van der Waals surface area contributed by atoms with E-state index >= 15 is 0 Å². The van der Waals surface area contributed by atoms with Crippen molar-refractivity contribution in [2.45, 2.75) is 57.4 Å². The molecule has 0 radical (unpaired) electrons. The van der Waals surface area contributed by atoms with Gasteiger partial charge in [-0.2, -0.15) is 0 Å². The van der Waals surface area contributed by atoms with E-state index < -0.39 is 0 Å². The first-order valence-electron chi connectivity index (χ1n) is 8.68. The van der Waals surface area contributed by atoms with Crippen LogP contribution >= 0.6 is 24.0 Å². The van der Waals surface area contributed by atoms with Gasteiger partial charge in [0.25, 0.3) is 0 Å². The molecule has 1 unspecified atom stereocenters. The van der Waals surface area contributed by atoms with Crippen molar-refractivity contribution >= 4 is 29.9 Å². The van der Waals surface area contributed by atoms with Crippen LogP contribution in [0.4, 0.5) is 0 Å². The molecule has 0 aromatic rings. The summed E-state index contributed by atoms with van der Waals surface area (Å²) < 4.78 is 0. The van der Waals surface area contributed by atoms with E-state index in [9.17, 15) is 0 Å². The molecular weight excluding hydrogens is 375 g/mol. The number of hydrogen-bond donors (Lipinski definition) is 2. The van der Waals surface area contributed by atoms with Gasteiger partial charge in [-0.1, -0.05) is 19.3 Å². The molecule has 1 atom stereocenters. The van der Waals surface area contributed by atoms with Crippen LogP contribution < -0.4 is 10.6 Å². The fourth-order valence-electron chi connectivity index (χ4n) is 3.93. The summed E-state index contributed by atoms with van der Waals surface area (Å²) in [5.74, 6) is 2.00. The smallest absolute Gasteiger partial charge is 0.191 e. The molecule has 2 aliphatic heterocycles. The van der Waals surface area contributed by atoms with Gasteiger partial charge in [0.15, 0.2) is 5.96 Å². The normalized spacial score (nSPS) is 27.6. The number of guanidine groups is 1. The number of rotatable bonds is 4. The SMILES string of the molecule is C1CCC(CN2CCCC2CNC2=NCCCN2)CC1.I. The van der Waals surface area contributed by atoms with Gasteiger partial charge in [-0.15, -0.1) is 24.0 Å². The highest BCUT2D eigenvalue weighted by molar-refractivity contribution is 14.0. The Kier molecular flexibility index (Phi) is 7.57. The average Bonchev–Trinajstić information content (AvgIpc) is 2.94. The van der Waals surface area contributed by atoms with E-state index in [0.29, 0.717) is 0 Å². The minimum absolute atomic E-state index is 0. The second-order valence-electron chi connectivity index (χ2n) is 6.69. The Balaban J connectivity index is 0.00000161. The third kappa shape index (κ3) is 5.27. The largest absolute Gasteiger partial charge is 0.356 e. The Morgan fingerprint density at radius 1 is 1.10 bits per heavy atom. The summed E-state index contributed by atoms with van der Waals surface area (Å²) in [7, 11) is 0. The number of nitrogens with one attached hydrogen (secondary N) is 2. The highest BCUT2D eigenvalue weighted by atomic mass is 127. The molecule has 2 fully saturated rings. The van der Waals surface area contributed by atoms with Gasteiger partial charge in [0.2, 0.25) is 0 Å². The number of aliphatic imine (C=N–C) groups is 1. The Bertz CT molecular complexity index is 328. The lowest BCUT2D eigenvalue weighted by Gasteiger charge is -2.31. The molecule has 0 amide bonds. The molecule has 122 valence electrons. The second kappa shape index (κ2) is 9.18. The van der Waals surface area contributed by atoms with E-state index in [-0.39, 0.29) is 24.0 Å². The summed E-state index contributed by atoms with van der Waals surface area (Å²) in [6.45, 7) is 5.77. The van der Waals surface area contributed by atoms with Gasteiger partial charge in [0.1, 0.15) is 0 Å². The van der Waals surface area contributed by atoms with Crippen molar-refractivity contribution in [3.8, 4) is 0 Å². The molecule has 3 aliphatic rings. The molecule has 1 saturated carbocycles. The Morgan fingerprint density at radius 2 is 1.95 bits per heavy atom. The summed E-state index contributed by atoms with van der Waals surface area (Å²) in [6.07, 6.45) is 11.2. The third-order valence-corrected chi connectivity index (χ3v) is 5.12. The summed E-state index contributed by atoms with van der Waals surface area (Å²) >= 11 is 0. The molecule has 4 nitrogen and oxygen atoms in total. The number of halogens is 1. The number of likely N-dealkylation sites (tertiary alicyclic amines) is 1. The van der Waals surface area contributed by atoms with E-state index in [4.69, 9.17) is 0 Å². The van der Waals surface area contributed by atoms with Crippen LogP contribution in [0.1, 0.15) is 51.4 Å². The molecule has 1 aliphatic carbocycles. The molecule has 3 rings (SSSR count). The summed E-state index contributed by atoms with van der Waals surface area (Å²) in [5.41, 5.74) is 0. The summed E-state index contributed by atoms with van der Waals surface area (Å²) in [5, 5.41) is 6.89. The van der Waals surface area contributed by atoms with Crippen molar-refractivity contribution in [3.63, 3.8) is 0 Å². The van der Waals surface area contributed by atoms with E-state index in [1.165, 1.54) is 64.5 Å². The predicted molar refractivity (Wildman–Crippen MR) is 99.5 cm³/mol. The first-order valence-corrected chi connectivity index (χ1v) is 8.68. The Hall–Kier alpha value is -0.0400. The van der Waals surface area contributed by atoms with Gasteiger partial charge in [-0.25, -0.2) is 0 Å². The fraction of sp³-hybridized carbons (Fsp3) is 0.938. The first-order chi connectivity index (χ1) is 9.92. The maximum atomic E-state index is 4.51. The maximum Gasteiger partial charge on any atom is 0.191 e. The lowest BCUT2D eigenvalue weighted by Crippen LogP contribution is -2.47. The van der Waals surface area contributed by atoms with Gasteiger partial charge in [0, 0.05) is 32.2 Å². The first kappa shape index (κ1) is 17.3. The lowest BCUT2D eigenvalue weighted by atomic mass is 9.89. The molecule has 0 aromatic carbocycles. The van der Waals surface area contributed by atoms with Crippen molar-refractivity contribution in [2.24, 2.45) is 10.9 Å². The Labute approximate surface area is 146 Å². The molecule has 2 heterocycles. The van der Waals surface area contributed by atoms with Gasteiger partial charge < -0.3 is 10.6 Å². The molecule has 0 bridgehead atoms. The van der Waals surface area contributed by atoms with Crippen molar-refractivity contribution in [1.82, 2.24) is 15.5 Å². The van der Waals surface area contributed by atoms with Crippen molar-refractivity contribution < 1.29 is 0 Å². The van der Waals surface area contributed by atoms with Crippen LogP contribution in [0.3, 0.4) is 0 Å². The highest BCUT2D eigenvalue weighted by Gasteiger charge is 2.27. The molecule has 5 heteroatoms. The van der Waals surface area contributed by atoms with Crippen LogP contribution in [-0.4, -0.2) is 49.6 Å². The minimum atomic E-state index is 0. The van der Waals surface area contributed by atoms with Crippen LogP contribution in [-0.2, 0) is 0 Å². The molecule has 21 heavy (non-hydrogen) atoms. The minimum Gasteiger partial charge on any atom is -0.356 e. The van der Waals surface area contributed by atoms with Crippen LogP contribution in [0.5, 0.6) is 0 Å². The second-order valence-corrected chi connectivity index (χ2v) is 6.69. The third-order valence-electron chi connectivity index (χ3n) is 5.12. The standard InChI is InChI=1S/C16H30N4.HI/c1-2-6-14(7-3-1)13-20-11-4-8-15(20)12-19-16-17-9-5-10-18-16;/h14-15H,1-13H2,(H2,17,18,19);1H. The zero-order valence-corrected chi connectivity index (χ0v) is 15.5. The zero-order chi connectivity index (χ0) is 13.6. The number of hydrogen-bond acceptors (Lipinski definition) is 4.